The van der Waals surface area contributed by atoms with Gasteiger partial charge in [-0.05, 0) is 31.1 Å². The highest BCUT2D eigenvalue weighted by atomic mass is 16.5. The fourth-order valence-electron chi connectivity index (χ4n) is 5.89. The second-order valence-corrected chi connectivity index (χ2v) is 15.3. The summed E-state index contributed by atoms with van der Waals surface area (Å²) >= 11 is 0. The predicted octanol–water partition coefficient (Wildman–Crippen LogP) is 2.51. The zero-order valence-electron chi connectivity index (χ0n) is 34.9. The number of hydrogen-bond acceptors (Lipinski definition) is 9. The van der Waals surface area contributed by atoms with Crippen molar-refractivity contribution >= 4 is 41.4 Å². The Kier molecular flexibility index (Phi) is 26.8. The Hall–Kier alpha value is -4.31. The van der Waals surface area contributed by atoms with Crippen LogP contribution in [0, 0.1) is 17.8 Å². The summed E-state index contributed by atoms with van der Waals surface area (Å²) < 4.78 is 11.1. The molecule has 0 aromatic carbocycles. The molecule has 6 amide bonds. The molecule has 0 saturated carbocycles. The van der Waals surface area contributed by atoms with Crippen LogP contribution >= 0.6 is 0 Å². The highest BCUT2D eigenvalue weighted by molar-refractivity contribution is 5.83. The fraction of sp³-hybridized carbons (Fsp3) is 0.725. The van der Waals surface area contributed by atoms with Gasteiger partial charge in [0.05, 0.1) is 44.9 Å². The lowest BCUT2D eigenvalue weighted by molar-refractivity contribution is -0.138. The Morgan fingerprint density at radius 1 is 0.589 bits per heavy atom. The highest BCUT2D eigenvalue weighted by Crippen LogP contribution is 2.14. The van der Waals surface area contributed by atoms with Crippen molar-refractivity contribution in [3.63, 3.8) is 0 Å². The van der Waals surface area contributed by atoms with Crippen molar-refractivity contribution in [2.24, 2.45) is 17.8 Å². The Morgan fingerprint density at radius 3 is 1.46 bits per heavy atom. The predicted molar refractivity (Wildman–Crippen MR) is 214 cm³/mol. The van der Waals surface area contributed by atoms with Gasteiger partial charge in [0.15, 0.2) is 0 Å². The molecule has 320 valence electrons. The Morgan fingerprint density at radius 2 is 1.04 bits per heavy atom. The molecular weight excluding hydrogens is 724 g/mol. The van der Waals surface area contributed by atoms with E-state index in [2.05, 4.69) is 45.1 Å². The van der Waals surface area contributed by atoms with Gasteiger partial charge in [-0.2, -0.15) is 0 Å². The highest BCUT2D eigenvalue weighted by Gasteiger charge is 2.27. The van der Waals surface area contributed by atoms with Crippen molar-refractivity contribution in [1.29, 1.82) is 0 Å². The van der Waals surface area contributed by atoms with Gasteiger partial charge in [0.2, 0.25) is 35.4 Å². The smallest absolute Gasteiger partial charge is 0.305 e. The molecule has 0 unspecified atom stereocenters. The number of carbonyl (C=O) groups is 7. The molecule has 0 spiro atoms. The van der Waals surface area contributed by atoms with Gasteiger partial charge >= 0.3 is 5.97 Å². The fourth-order valence-corrected chi connectivity index (χ4v) is 5.89. The first kappa shape index (κ1) is 51.7. The summed E-state index contributed by atoms with van der Waals surface area (Å²) in [5, 5.41) is 26.2. The first-order valence-electron chi connectivity index (χ1n) is 19.6. The molecule has 0 aliphatic carbocycles. The summed E-state index contributed by atoms with van der Waals surface area (Å²) in [5.74, 6) is -3.19. The van der Waals surface area contributed by atoms with Gasteiger partial charge in [-0.25, -0.2) is 0 Å². The number of carboxylic acid groups (broad SMARTS) is 1. The summed E-state index contributed by atoms with van der Waals surface area (Å²) in [6, 6.07) is -3.49. The van der Waals surface area contributed by atoms with E-state index in [4.69, 9.17) is 9.47 Å². The van der Waals surface area contributed by atoms with E-state index < -0.39 is 53.9 Å². The number of carboxylic acids is 1. The lowest BCUT2D eigenvalue weighted by Crippen LogP contribution is -2.49. The zero-order chi connectivity index (χ0) is 42.8. The topological polar surface area (TPSA) is 230 Å². The summed E-state index contributed by atoms with van der Waals surface area (Å²) in [5.41, 5.74) is 0. The van der Waals surface area contributed by atoms with Gasteiger partial charge in [-0.15, -0.1) is 13.2 Å². The number of carbonyl (C=O) groups excluding carboxylic acids is 6. The molecule has 16 nitrogen and oxygen atoms in total. The van der Waals surface area contributed by atoms with Crippen molar-refractivity contribution in [3.8, 4) is 0 Å². The average Bonchev–Trinajstić information content (AvgIpc) is 3.06. The van der Waals surface area contributed by atoms with Crippen LogP contribution in [0.15, 0.2) is 25.3 Å². The number of rotatable bonds is 31. The molecule has 0 aliphatic rings. The number of hydrogen-bond donors (Lipinski definition) is 7. The van der Waals surface area contributed by atoms with Crippen molar-refractivity contribution in [2.45, 2.75) is 143 Å². The SMILES string of the molecule is C=CCOC[C@@H](CC(=O)N[C@@H](CC(=O)O)CC(C)C)NC(=O)C[C@@H](NC(=O)C[C@H](C)NC(=O)C[C@H](COCC=C)NC(=O)C[C@@H](NC(C)=O)C(C)C)[C@@H](C)CC. The van der Waals surface area contributed by atoms with Crippen LogP contribution in [-0.4, -0.2) is 109 Å². The molecule has 16 heteroatoms. The molecule has 56 heavy (non-hydrogen) atoms. The summed E-state index contributed by atoms with van der Waals surface area (Å²) in [4.78, 5) is 88.3. The number of aliphatic carboxylic acids is 1. The van der Waals surface area contributed by atoms with E-state index >= 15 is 0 Å². The zero-order valence-corrected chi connectivity index (χ0v) is 34.9. The minimum absolute atomic E-state index is 0.00246. The quantitative estimate of drug-likeness (QED) is 0.0401. The molecular formula is C40H70N6O10. The minimum Gasteiger partial charge on any atom is -0.481 e. The van der Waals surface area contributed by atoms with E-state index in [1.807, 2.05) is 41.5 Å². The van der Waals surface area contributed by atoms with Crippen LogP contribution in [0.4, 0.5) is 0 Å². The molecule has 0 aromatic rings. The Balaban J connectivity index is 5.47. The molecule has 0 rings (SSSR count). The lowest BCUT2D eigenvalue weighted by Gasteiger charge is -2.27. The maximum atomic E-state index is 13.3. The second-order valence-electron chi connectivity index (χ2n) is 15.3. The van der Waals surface area contributed by atoms with E-state index in [-0.39, 0.29) is 106 Å². The maximum absolute atomic E-state index is 13.3. The van der Waals surface area contributed by atoms with E-state index in [9.17, 15) is 38.7 Å². The normalized spacial score (nSPS) is 14.9. The van der Waals surface area contributed by atoms with E-state index in [0.717, 1.165) is 0 Å². The van der Waals surface area contributed by atoms with Crippen molar-refractivity contribution in [3.05, 3.63) is 25.3 Å². The Bertz CT molecular complexity index is 1280. The van der Waals surface area contributed by atoms with Gasteiger partial charge in [0.25, 0.3) is 0 Å². The Labute approximate surface area is 333 Å². The standard InChI is InChI=1S/C40H70N6O10/c1-11-14-55-23-31(44-38(51)21-33(26(6)7)42-29(10)47)18-36(49)41-28(9)17-35(48)46-34(27(8)13-3)22-39(52)45-32(24-56-15-12-2)19-37(50)43-30(16-25(4)5)20-40(53)54/h11-12,25-28,30-34H,1-2,13-24H2,3-10H3,(H,41,49)(H,42,47)(H,43,50)(H,44,51)(H,45,52)(H,46,48)(H,53,54)/t27-,28-,30+,31+,32+,33+,34+/m0/s1. The van der Waals surface area contributed by atoms with Gasteiger partial charge in [-0.3, -0.25) is 33.6 Å². The van der Waals surface area contributed by atoms with E-state index in [1.165, 1.54) is 13.0 Å². The molecule has 0 aromatic heterocycles. The molecule has 0 aliphatic heterocycles. The molecule has 0 bridgehead atoms. The number of amides is 6. The van der Waals surface area contributed by atoms with Gasteiger partial charge in [0, 0.05) is 63.2 Å². The molecule has 0 fully saturated rings. The third kappa shape index (κ3) is 25.7. The van der Waals surface area contributed by atoms with E-state index in [1.54, 1.807) is 13.0 Å². The lowest BCUT2D eigenvalue weighted by atomic mass is 9.95. The van der Waals surface area contributed by atoms with Crippen LogP contribution in [0.1, 0.15) is 107 Å². The van der Waals surface area contributed by atoms with Crippen molar-refractivity contribution in [1.82, 2.24) is 31.9 Å². The summed E-state index contributed by atoms with van der Waals surface area (Å²) in [6.07, 6.45) is 3.59. The maximum Gasteiger partial charge on any atom is 0.305 e. The summed E-state index contributed by atoms with van der Waals surface area (Å²) in [7, 11) is 0. The van der Waals surface area contributed by atoms with Gasteiger partial charge in [0.1, 0.15) is 0 Å². The van der Waals surface area contributed by atoms with Crippen LogP contribution in [0.3, 0.4) is 0 Å². The average molecular weight is 795 g/mol. The molecule has 7 N–H and O–H groups in total. The van der Waals surface area contributed by atoms with Crippen LogP contribution in [-0.2, 0) is 43.0 Å². The van der Waals surface area contributed by atoms with Gasteiger partial charge < -0.3 is 46.5 Å². The van der Waals surface area contributed by atoms with Crippen LogP contribution in [0.5, 0.6) is 0 Å². The minimum atomic E-state index is -1.03. The van der Waals surface area contributed by atoms with E-state index in [0.29, 0.717) is 12.8 Å². The largest absolute Gasteiger partial charge is 0.481 e. The van der Waals surface area contributed by atoms with Crippen molar-refractivity contribution < 1.29 is 48.1 Å². The number of nitrogens with one attached hydrogen (secondary N) is 6. The molecule has 0 radical (unpaired) electrons. The first-order chi connectivity index (χ1) is 26.3. The molecule has 0 heterocycles. The van der Waals surface area contributed by atoms with Crippen LogP contribution < -0.4 is 31.9 Å². The monoisotopic (exact) mass is 795 g/mol. The second kappa shape index (κ2) is 29.0. The van der Waals surface area contributed by atoms with Gasteiger partial charge in [-0.1, -0.05) is 60.1 Å². The van der Waals surface area contributed by atoms with Crippen molar-refractivity contribution in [2.75, 3.05) is 26.4 Å². The first-order valence-corrected chi connectivity index (χ1v) is 19.6. The number of ether oxygens (including phenoxy) is 2. The van der Waals surface area contributed by atoms with Crippen LogP contribution in [0.2, 0.25) is 0 Å². The summed E-state index contributed by atoms with van der Waals surface area (Å²) in [6.45, 7) is 22.2. The molecule has 0 saturated heterocycles. The third-order valence-corrected chi connectivity index (χ3v) is 8.83. The third-order valence-electron chi connectivity index (χ3n) is 8.83. The molecule has 7 atom stereocenters. The van der Waals surface area contributed by atoms with Crippen LogP contribution in [0.25, 0.3) is 0 Å².